The molecule has 0 aromatic heterocycles. The van der Waals surface area contributed by atoms with Gasteiger partial charge in [-0.1, -0.05) is 0 Å². The maximum Gasteiger partial charge on any atom is 0.397 e. The number of aliphatic carboxylic acids is 1. The summed E-state index contributed by atoms with van der Waals surface area (Å²) < 4.78 is 29.7. The summed E-state index contributed by atoms with van der Waals surface area (Å²) in [6, 6.07) is 0. The molecule has 0 fully saturated rings. The zero-order chi connectivity index (χ0) is 8.78. The Bertz CT molecular complexity index is 175. The van der Waals surface area contributed by atoms with Crippen LogP contribution in [-0.4, -0.2) is 31.2 Å². The zero-order valence-corrected chi connectivity index (χ0v) is 6.25. The van der Waals surface area contributed by atoms with Gasteiger partial charge in [-0.15, -0.1) is 0 Å². The third-order valence-corrected chi connectivity index (χ3v) is 0.632. The van der Waals surface area contributed by atoms with Crippen molar-refractivity contribution >= 4 is 16.4 Å². The summed E-state index contributed by atoms with van der Waals surface area (Å²) in [5.41, 5.74) is 0. The molecule has 0 bridgehead atoms. The normalized spacial score (nSPS) is 9.50. The number of hydrogen-bond acceptors (Lipinski definition) is 4. The molecule has 0 aliphatic carbocycles. The zero-order valence-electron chi connectivity index (χ0n) is 5.44. The van der Waals surface area contributed by atoms with Crippen molar-refractivity contribution in [2.75, 3.05) is 7.11 Å². The second-order valence-electron chi connectivity index (χ2n) is 1.11. The second-order valence-corrected chi connectivity index (χ2v) is 2.30. The maximum absolute atomic E-state index is 9.33. The first-order chi connectivity index (χ1) is 4.29. The average Bonchev–Trinajstić information content (AvgIpc) is 1.63. The van der Waals surface area contributed by atoms with Crippen LogP contribution in [0.1, 0.15) is 6.92 Å². The summed E-state index contributed by atoms with van der Waals surface area (Å²) >= 11 is 0. The molecule has 0 amide bonds. The summed E-state index contributed by atoms with van der Waals surface area (Å²) in [6.07, 6.45) is 0. The molecule has 0 saturated heterocycles. The van der Waals surface area contributed by atoms with Crippen LogP contribution in [-0.2, 0) is 19.4 Å². The van der Waals surface area contributed by atoms with E-state index >= 15 is 0 Å². The third kappa shape index (κ3) is 53.9. The van der Waals surface area contributed by atoms with Crippen LogP contribution in [0.15, 0.2) is 0 Å². The molecule has 0 aliphatic rings. The van der Waals surface area contributed by atoms with Gasteiger partial charge in [0.15, 0.2) is 0 Å². The third-order valence-electron chi connectivity index (χ3n) is 0.211. The van der Waals surface area contributed by atoms with Crippen LogP contribution in [0.2, 0.25) is 0 Å². The van der Waals surface area contributed by atoms with Crippen LogP contribution in [0.25, 0.3) is 0 Å². The Kier molecular flexibility index (Phi) is 6.21. The second kappa shape index (κ2) is 5.15. The van der Waals surface area contributed by atoms with Gasteiger partial charge < -0.3 is 5.11 Å². The number of rotatable bonds is 1. The molecule has 0 rings (SSSR count). The predicted octanol–water partition coefficient (Wildman–Crippen LogP) is -0.473. The largest absolute Gasteiger partial charge is 0.481 e. The summed E-state index contributed by atoms with van der Waals surface area (Å²) in [4.78, 5) is 9.00. The number of carboxylic acids is 1. The summed E-state index contributed by atoms with van der Waals surface area (Å²) in [7, 11) is -3.29. The van der Waals surface area contributed by atoms with E-state index < -0.39 is 16.4 Å². The Labute approximate surface area is 58.4 Å². The van der Waals surface area contributed by atoms with Crippen molar-refractivity contribution in [3.63, 3.8) is 0 Å². The fraction of sp³-hybridized carbons (Fsp3) is 0.667. The van der Waals surface area contributed by atoms with Crippen molar-refractivity contribution in [3.05, 3.63) is 0 Å². The summed E-state index contributed by atoms with van der Waals surface area (Å²) in [5.74, 6) is -0.833. The molecule has 62 valence electrons. The average molecular weight is 172 g/mol. The van der Waals surface area contributed by atoms with Gasteiger partial charge >= 0.3 is 10.4 Å². The highest BCUT2D eigenvalue weighted by atomic mass is 32.3. The molecule has 0 atom stereocenters. The molecule has 0 heterocycles. The number of hydrogen-bond donors (Lipinski definition) is 2. The first-order valence-electron chi connectivity index (χ1n) is 2.02. The fourth-order valence-corrected chi connectivity index (χ4v) is 0. The van der Waals surface area contributed by atoms with Gasteiger partial charge in [0.1, 0.15) is 0 Å². The predicted molar refractivity (Wildman–Crippen MR) is 31.9 cm³/mol. The van der Waals surface area contributed by atoms with Gasteiger partial charge in [-0.2, -0.15) is 8.42 Å². The molecule has 2 N–H and O–H groups in total. The fourth-order valence-electron chi connectivity index (χ4n) is 0. The standard InChI is InChI=1S/C2H4O2.CH4O4S/c1-2(3)4;1-5-6(2,3)4/h1H3,(H,3,4);1H3,(H,2,3,4). The molecular weight excluding hydrogens is 164 g/mol. The van der Waals surface area contributed by atoms with E-state index in [4.69, 9.17) is 14.5 Å². The molecular formula is C3H8O6S. The highest BCUT2D eigenvalue weighted by molar-refractivity contribution is 7.80. The van der Waals surface area contributed by atoms with Gasteiger partial charge in [0.05, 0.1) is 7.11 Å². The monoisotopic (exact) mass is 172 g/mol. The van der Waals surface area contributed by atoms with E-state index in [0.717, 1.165) is 14.0 Å². The highest BCUT2D eigenvalue weighted by Gasteiger charge is 1.93. The van der Waals surface area contributed by atoms with Crippen molar-refractivity contribution in [3.8, 4) is 0 Å². The summed E-state index contributed by atoms with van der Waals surface area (Å²) in [5, 5.41) is 7.42. The van der Waals surface area contributed by atoms with Crippen LogP contribution in [0, 0.1) is 0 Å². The first-order valence-corrected chi connectivity index (χ1v) is 3.38. The van der Waals surface area contributed by atoms with E-state index in [1.165, 1.54) is 0 Å². The van der Waals surface area contributed by atoms with Gasteiger partial charge in [0.2, 0.25) is 0 Å². The SMILES string of the molecule is CC(=O)O.COS(=O)(=O)O. The highest BCUT2D eigenvalue weighted by Crippen LogP contribution is 1.74. The minimum Gasteiger partial charge on any atom is -0.481 e. The lowest BCUT2D eigenvalue weighted by atomic mass is 10.9. The maximum atomic E-state index is 9.33. The molecule has 0 spiro atoms. The Hall–Kier alpha value is -0.660. The van der Waals surface area contributed by atoms with Crippen molar-refractivity contribution < 1.29 is 27.1 Å². The van der Waals surface area contributed by atoms with Crippen LogP contribution in [0.3, 0.4) is 0 Å². The summed E-state index contributed by atoms with van der Waals surface area (Å²) in [6.45, 7) is 1.08. The van der Waals surface area contributed by atoms with Gasteiger partial charge in [-0.25, -0.2) is 0 Å². The minimum absolute atomic E-state index is 0.833. The lowest BCUT2D eigenvalue weighted by molar-refractivity contribution is -0.134. The Balaban J connectivity index is 0. The van der Waals surface area contributed by atoms with Gasteiger partial charge in [-0.05, 0) is 0 Å². The van der Waals surface area contributed by atoms with E-state index in [0.29, 0.717) is 0 Å². The molecule has 0 unspecified atom stereocenters. The molecule has 0 aromatic carbocycles. The van der Waals surface area contributed by atoms with Gasteiger partial charge in [-0.3, -0.25) is 13.5 Å². The van der Waals surface area contributed by atoms with E-state index in [9.17, 15) is 8.42 Å². The quantitative estimate of drug-likeness (QED) is 0.518. The molecule has 10 heavy (non-hydrogen) atoms. The van der Waals surface area contributed by atoms with Gasteiger partial charge in [0.25, 0.3) is 5.97 Å². The minimum atomic E-state index is -4.16. The molecule has 0 aliphatic heterocycles. The van der Waals surface area contributed by atoms with E-state index in [1.54, 1.807) is 0 Å². The Morgan fingerprint density at radius 1 is 1.50 bits per heavy atom. The Morgan fingerprint density at radius 3 is 1.60 bits per heavy atom. The van der Waals surface area contributed by atoms with Crippen LogP contribution >= 0.6 is 0 Å². The van der Waals surface area contributed by atoms with E-state index in [-0.39, 0.29) is 0 Å². The molecule has 0 radical (unpaired) electrons. The first kappa shape index (κ1) is 12.1. The molecule has 0 saturated carbocycles. The van der Waals surface area contributed by atoms with Crippen LogP contribution in [0.4, 0.5) is 0 Å². The van der Waals surface area contributed by atoms with Crippen LogP contribution < -0.4 is 0 Å². The van der Waals surface area contributed by atoms with E-state index in [1.807, 2.05) is 0 Å². The number of carboxylic acid groups (broad SMARTS) is 1. The smallest absolute Gasteiger partial charge is 0.397 e. The molecule has 6 nitrogen and oxygen atoms in total. The van der Waals surface area contributed by atoms with Gasteiger partial charge in [0, 0.05) is 6.92 Å². The number of carbonyl (C=O) groups is 1. The van der Waals surface area contributed by atoms with Crippen LogP contribution in [0.5, 0.6) is 0 Å². The lowest BCUT2D eigenvalue weighted by Crippen LogP contribution is -1.96. The van der Waals surface area contributed by atoms with Crippen molar-refractivity contribution in [1.29, 1.82) is 0 Å². The molecule has 0 aromatic rings. The van der Waals surface area contributed by atoms with Crippen molar-refractivity contribution in [1.82, 2.24) is 0 Å². The Morgan fingerprint density at radius 2 is 1.60 bits per heavy atom. The topological polar surface area (TPSA) is 101 Å². The van der Waals surface area contributed by atoms with Crippen molar-refractivity contribution in [2.45, 2.75) is 6.92 Å². The molecule has 7 heteroatoms. The van der Waals surface area contributed by atoms with Crippen molar-refractivity contribution in [2.24, 2.45) is 0 Å². The lowest BCUT2D eigenvalue weighted by Gasteiger charge is -1.82. The van der Waals surface area contributed by atoms with E-state index in [2.05, 4.69) is 4.18 Å².